The number of thioether (sulfide) groups is 2. The Bertz CT molecular complexity index is 907. The molecule has 4 nitrogen and oxygen atoms in total. The van der Waals surface area contributed by atoms with Gasteiger partial charge in [-0.1, -0.05) is 54.6 Å². The fourth-order valence-electron chi connectivity index (χ4n) is 3.76. The second kappa shape index (κ2) is 7.45. The third-order valence-electron chi connectivity index (χ3n) is 5.01. The van der Waals surface area contributed by atoms with Crippen LogP contribution in [0.1, 0.15) is 41.1 Å². The van der Waals surface area contributed by atoms with Crippen LogP contribution in [0.5, 0.6) is 0 Å². The summed E-state index contributed by atoms with van der Waals surface area (Å²) in [6.45, 7) is 4.37. The van der Waals surface area contributed by atoms with Crippen molar-refractivity contribution in [2.75, 3.05) is 5.75 Å². The molecule has 1 aliphatic heterocycles. The van der Waals surface area contributed by atoms with Crippen LogP contribution in [-0.4, -0.2) is 26.3 Å². The maximum Gasteiger partial charge on any atom is 0.173 e. The summed E-state index contributed by atoms with van der Waals surface area (Å²) in [5.74, 6) is 0.874. The van der Waals surface area contributed by atoms with E-state index in [4.69, 9.17) is 10.4 Å². The Labute approximate surface area is 161 Å². The van der Waals surface area contributed by atoms with E-state index in [1.807, 2.05) is 46.7 Å². The number of aromatic nitrogens is 2. The van der Waals surface area contributed by atoms with Gasteiger partial charge >= 0.3 is 0 Å². The molecule has 2 aromatic rings. The quantitative estimate of drug-likeness (QED) is 0.266. The van der Waals surface area contributed by atoms with Crippen molar-refractivity contribution < 1.29 is 4.79 Å². The number of carbonyl (C=O) groups is 1. The number of allylic oxidation sites excluding steroid dienone is 1. The van der Waals surface area contributed by atoms with E-state index in [0.29, 0.717) is 34.5 Å². The number of nitrogens with one attached hydrogen (secondary N) is 1. The Hall–Kier alpha value is -1.79. The monoisotopic (exact) mass is 383 g/mol. The van der Waals surface area contributed by atoms with Crippen LogP contribution in [0.2, 0.25) is 0 Å². The molecular weight excluding hydrogens is 362 g/mol. The highest BCUT2D eigenvalue weighted by Crippen LogP contribution is 2.51. The van der Waals surface area contributed by atoms with Gasteiger partial charge in [0.05, 0.1) is 5.75 Å². The minimum atomic E-state index is 0.0825. The van der Waals surface area contributed by atoms with Gasteiger partial charge in [-0.05, 0) is 12.8 Å². The minimum Gasteiger partial charge on any atom is -0.302 e. The van der Waals surface area contributed by atoms with E-state index in [1.54, 1.807) is 6.08 Å². The number of hydrogen-bond acceptors (Lipinski definition) is 5. The fraction of sp³-hybridized carbons (Fsp3) is 0.350. The van der Waals surface area contributed by atoms with Crippen LogP contribution in [0.25, 0.3) is 0 Å². The largest absolute Gasteiger partial charge is 0.302 e. The highest BCUT2D eigenvalue weighted by atomic mass is 32.2. The molecule has 0 saturated heterocycles. The van der Waals surface area contributed by atoms with E-state index in [0.717, 1.165) is 22.2 Å². The lowest BCUT2D eigenvalue weighted by atomic mass is 10.0. The summed E-state index contributed by atoms with van der Waals surface area (Å²) in [5.41, 5.74) is 2.37. The van der Waals surface area contributed by atoms with Gasteiger partial charge in [-0.25, -0.2) is 4.98 Å². The molecule has 0 unspecified atom stereocenters. The van der Waals surface area contributed by atoms with Gasteiger partial charge in [-0.2, -0.15) is 0 Å². The molecule has 2 aliphatic rings. The SMILES string of the molecule is C=CCn1c(SCC(=O)c2ccccc2)nc2c(c1=N)[C@@H]1CCC[C@H]1S2. The maximum atomic E-state index is 12.4. The Morgan fingerprint density at radius 2 is 2.19 bits per heavy atom. The van der Waals surface area contributed by atoms with Crippen LogP contribution >= 0.6 is 23.5 Å². The number of fused-ring (bicyclic) bond motifs is 3. The average Bonchev–Trinajstić information content (AvgIpc) is 3.24. The van der Waals surface area contributed by atoms with Gasteiger partial charge in [0.25, 0.3) is 0 Å². The molecule has 0 spiro atoms. The van der Waals surface area contributed by atoms with Crippen LogP contribution in [0.15, 0.2) is 53.2 Å². The fourth-order valence-corrected chi connectivity index (χ4v) is 6.24. The number of benzene rings is 1. The van der Waals surface area contributed by atoms with Gasteiger partial charge < -0.3 is 4.57 Å². The highest BCUT2D eigenvalue weighted by Gasteiger charge is 2.39. The lowest BCUT2D eigenvalue weighted by Crippen LogP contribution is -2.28. The number of carbonyl (C=O) groups excluding carboxylic acids is 1. The molecule has 1 fully saturated rings. The predicted octanol–water partition coefficient (Wildman–Crippen LogP) is 4.27. The number of Topliss-reactive ketones (excluding diaryl/α,β-unsaturated/α-hetero) is 1. The van der Waals surface area contributed by atoms with E-state index in [-0.39, 0.29) is 5.78 Å². The molecule has 1 aliphatic carbocycles. The third-order valence-corrected chi connectivity index (χ3v) is 7.39. The van der Waals surface area contributed by atoms with Gasteiger partial charge in [0, 0.05) is 28.8 Å². The summed E-state index contributed by atoms with van der Waals surface area (Å²) < 4.78 is 1.90. The maximum absolute atomic E-state index is 12.4. The summed E-state index contributed by atoms with van der Waals surface area (Å²) >= 11 is 3.24. The number of nitrogens with zero attached hydrogens (tertiary/aromatic N) is 2. The van der Waals surface area contributed by atoms with E-state index < -0.39 is 0 Å². The van der Waals surface area contributed by atoms with Crippen molar-refractivity contribution in [2.45, 2.75) is 47.2 Å². The summed E-state index contributed by atoms with van der Waals surface area (Å²) in [7, 11) is 0. The topological polar surface area (TPSA) is 58.7 Å². The average molecular weight is 384 g/mol. The van der Waals surface area contributed by atoms with Crippen LogP contribution in [0.3, 0.4) is 0 Å². The van der Waals surface area contributed by atoms with Crippen molar-refractivity contribution in [2.24, 2.45) is 0 Å². The first kappa shape index (κ1) is 17.6. The molecule has 1 aromatic carbocycles. The minimum absolute atomic E-state index is 0.0825. The Morgan fingerprint density at radius 1 is 1.38 bits per heavy atom. The van der Waals surface area contributed by atoms with E-state index in [2.05, 4.69) is 6.58 Å². The van der Waals surface area contributed by atoms with Crippen molar-refractivity contribution in [1.82, 2.24) is 9.55 Å². The lowest BCUT2D eigenvalue weighted by Gasteiger charge is -2.15. The second-order valence-electron chi connectivity index (χ2n) is 6.63. The molecule has 134 valence electrons. The van der Waals surface area contributed by atoms with Gasteiger partial charge in [0.15, 0.2) is 10.9 Å². The summed E-state index contributed by atoms with van der Waals surface area (Å²) in [5, 5.41) is 11.1. The first-order chi connectivity index (χ1) is 12.7. The zero-order chi connectivity index (χ0) is 18.1. The van der Waals surface area contributed by atoms with E-state index in [1.165, 1.54) is 24.6 Å². The van der Waals surface area contributed by atoms with Crippen molar-refractivity contribution >= 4 is 29.3 Å². The molecule has 26 heavy (non-hydrogen) atoms. The summed E-state index contributed by atoms with van der Waals surface area (Å²) in [4.78, 5) is 17.3. The Kier molecular flexibility index (Phi) is 5.05. The van der Waals surface area contributed by atoms with Gasteiger partial charge in [0.2, 0.25) is 0 Å². The number of ketones is 1. The van der Waals surface area contributed by atoms with Crippen LogP contribution in [0, 0.1) is 5.41 Å². The number of hydrogen-bond donors (Lipinski definition) is 1. The molecule has 6 heteroatoms. The number of rotatable bonds is 6. The first-order valence-corrected chi connectivity index (χ1v) is 10.7. The molecule has 0 bridgehead atoms. The third kappa shape index (κ3) is 3.16. The molecule has 1 N–H and O–H groups in total. The standard InChI is InChI=1S/C20H21N3OS2/c1-2-11-23-18(21)17-14-9-6-10-16(14)26-19(17)22-20(23)25-12-15(24)13-7-4-3-5-8-13/h2-5,7-8,14,16,21H,1,6,9-12H2/t14-,16-/m1/s1. The van der Waals surface area contributed by atoms with Crippen LogP contribution < -0.4 is 5.49 Å². The van der Waals surface area contributed by atoms with Crippen molar-refractivity contribution in [3.8, 4) is 0 Å². The zero-order valence-corrected chi connectivity index (χ0v) is 16.1. The van der Waals surface area contributed by atoms with Crippen LogP contribution in [0.4, 0.5) is 0 Å². The van der Waals surface area contributed by atoms with Crippen molar-refractivity contribution in [3.05, 3.63) is 59.6 Å². The molecule has 0 amide bonds. The molecule has 2 heterocycles. The molecule has 1 aromatic heterocycles. The van der Waals surface area contributed by atoms with E-state index in [9.17, 15) is 4.79 Å². The van der Waals surface area contributed by atoms with Gasteiger partial charge in [-0.15, -0.1) is 18.3 Å². The first-order valence-electron chi connectivity index (χ1n) is 8.87. The Morgan fingerprint density at radius 3 is 2.96 bits per heavy atom. The van der Waals surface area contributed by atoms with Crippen LogP contribution in [-0.2, 0) is 6.54 Å². The normalized spacial score (nSPS) is 20.6. The Balaban J connectivity index is 1.63. The predicted molar refractivity (Wildman–Crippen MR) is 106 cm³/mol. The van der Waals surface area contributed by atoms with Crippen molar-refractivity contribution in [1.29, 1.82) is 5.41 Å². The zero-order valence-electron chi connectivity index (χ0n) is 14.5. The summed E-state index contributed by atoms with van der Waals surface area (Å²) in [6, 6.07) is 9.33. The molecule has 4 rings (SSSR count). The van der Waals surface area contributed by atoms with Crippen molar-refractivity contribution in [3.63, 3.8) is 0 Å². The van der Waals surface area contributed by atoms with E-state index >= 15 is 0 Å². The smallest absolute Gasteiger partial charge is 0.173 e. The highest BCUT2D eigenvalue weighted by molar-refractivity contribution is 8.00. The van der Waals surface area contributed by atoms with Gasteiger partial charge in [-0.3, -0.25) is 10.2 Å². The lowest BCUT2D eigenvalue weighted by molar-refractivity contribution is 0.102. The second-order valence-corrected chi connectivity index (χ2v) is 8.80. The molecule has 2 atom stereocenters. The molecule has 1 saturated carbocycles. The molecular formula is C20H21N3OS2. The molecule has 0 radical (unpaired) electrons. The summed E-state index contributed by atoms with van der Waals surface area (Å²) in [6.07, 6.45) is 5.40. The van der Waals surface area contributed by atoms with Gasteiger partial charge in [0.1, 0.15) is 10.5 Å².